The summed E-state index contributed by atoms with van der Waals surface area (Å²) < 4.78 is 0. The van der Waals surface area contributed by atoms with Crippen LogP contribution in [0.15, 0.2) is 64.6 Å². The highest BCUT2D eigenvalue weighted by Gasteiger charge is 1.99. The van der Waals surface area contributed by atoms with Crippen molar-refractivity contribution in [2.75, 3.05) is 6.54 Å². The fourth-order valence-electron chi connectivity index (χ4n) is 2.03. The van der Waals surface area contributed by atoms with Crippen LogP contribution in [0.5, 0.6) is 0 Å². The number of para-hydroxylation sites is 1. The van der Waals surface area contributed by atoms with Crippen molar-refractivity contribution in [2.45, 2.75) is 32.6 Å². The van der Waals surface area contributed by atoms with Crippen LogP contribution in [0, 0.1) is 0 Å². The Balaban J connectivity index is 1.86. The average Bonchev–Trinajstić information content (AvgIpc) is 2.50. The van der Waals surface area contributed by atoms with Crippen LogP contribution in [0.4, 0.5) is 5.69 Å². The summed E-state index contributed by atoms with van der Waals surface area (Å²) >= 11 is 0. The van der Waals surface area contributed by atoms with Gasteiger partial charge in [-0.05, 0) is 42.9 Å². The summed E-state index contributed by atoms with van der Waals surface area (Å²) in [6, 6.07) is 10.0. The Hall–Kier alpha value is -1.96. The molecule has 0 aromatic heterocycles. The number of rotatable bonds is 6. The van der Waals surface area contributed by atoms with Gasteiger partial charge < -0.3 is 0 Å². The number of benzene rings is 1. The Kier molecular flexibility index (Phi) is 5.97. The zero-order valence-electron chi connectivity index (χ0n) is 12.1. The van der Waals surface area contributed by atoms with Crippen molar-refractivity contribution in [3.63, 3.8) is 0 Å². The van der Waals surface area contributed by atoms with Gasteiger partial charge in [-0.3, -0.25) is 4.99 Å². The maximum Gasteiger partial charge on any atom is 0.0638 e. The average molecular weight is 266 g/mol. The second kappa shape index (κ2) is 8.26. The number of aliphatic imine (C=N–C) groups is 2. The Labute approximate surface area is 121 Å². The molecule has 0 N–H and O–H groups in total. The first-order valence-corrected chi connectivity index (χ1v) is 7.43. The molecule has 1 aromatic carbocycles. The maximum absolute atomic E-state index is 4.58. The summed E-state index contributed by atoms with van der Waals surface area (Å²) in [6.07, 6.45) is 13.2. The first kappa shape index (κ1) is 14.4. The lowest BCUT2D eigenvalue weighted by Crippen LogP contribution is -2.00. The second-order valence-corrected chi connectivity index (χ2v) is 4.91. The van der Waals surface area contributed by atoms with E-state index in [0.717, 1.165) is 23.7 Å². The van der Waals surface area contributed by atoms with E-state index in [4.69, 9.17) is 0 Å². The van der Waals surface area contributed by atoms with Gasteiger partial charge in [0.2, 0.25) is 0 Å². The van der Waals surface area contributed by atoms with Crippen molar-refractivity contribution in [3.05, 3.63) is 54.6 Å². The summed E-state index contributed by atoms with van der Waals surface area (Å²) in [5.41, 5.74) is 3.01. The number of hydrogen-bond donors (Lipinski definition) is 0. The van der Waals surface area contributed by atoms with Crippen molar-refractivity contribution in [2.24, 2.45) is 9.98 Å². The van der Waals surface area contributed by atoms with Gasteiger partial charge in [-0.15, -0.1) is 0 Å². The second-order valence-electron chi connectivity index (χ2n) is 4.91. The standard InChI is InChI=1S/C18H22N2/c1-2-3-4-8-15-19-16-11-13-18(14-12-16)20-17-9-6-5-7-10-17/h5-7,9-14H,2-4,8,15H2,1H3. The molecule has 0 fully saturated rings. The van der Waals surface area contributed by atoms with Crippen LogP contribution in [-0.2, 0) is 0 Å². The first-order valence-electron chi connectivity index (χ1n) is 7.43. The SMILES string of the molecule is CCCCCCN=C1C=CC(=Nc2ccccc2)C=C1. The summed E-state index contributed by atoms with van der Waals surface area (Å²) in [5.74, 6) is 0. The van der Waals surface area contributed by atoms with E-state index in [1.807, 2.05) is 54.6 Å². The highest BCUT2D eigenvalue weighted by Crippen LogP contribution is 2.12. The van der Waals surface area contributed by atoms with Gasteiger partial charge in [-0.25, -0.2) is 4.99 Å². The molecule has 1 aliphatic carbocycles. The Morgan fingerprint density at radius 2 is 1.50 bits per heavy atom. The lowest BCUT2D eigenvalue weighted by atomic mass is 10.1. The van der Waals surface area contributed by atoms with E-state index in [2.05, 4.69) is 16.9 Å². The predicted octanol–water partition coefficient (Wildman–Crippen LogP) is 4.91. The smallest absolute Gasteiger partial charge is 0.0638 e. The number of allylic oxidation sites excluding steroid dienone is 4. The van der Waals surface area contributed by atoms with Crippen LogP contribution < -0.4 is 0 Å². The molecule has 0 unspecified atom stereocenters. The topological polar surface area (TPSA) is 24.7 Å². The maximum atomic E-state index is 4.58. The van der Waals surface area contributed by atoms with Gasteiger partial charge >= 0.3 is 0 Å². The molecule has 104 valence electrons. The van der Waals surface area contributed by atoms with Gasteiger partial charge in [0.1, 0.15) is 0 Å². The third kappa shape index (κ3) is 4.96. The monoisotopic (exact) mass is 266 g/mol. The highest BCUT2D eigenvalue weighted by atomic mass is 14.7. The quantitative estimate of drug-likeness (QED) is 0.516. The predicted molar refractivity (Wildman–Crippen MR) is 88.3 cm³/mol. The van der Waals surface area contributed by atoms with Crippen LogP contribution in [0.25, 0.3) is 0 Å². The normalized spacial score (nSPS) is 13.7. The minimum absolute atomic E-state index is 0.926. The molecule has 0 spiro atoms. The molecule has 1 aliphatic rings. The lowest BCUT2D eigenvalue weighted by Gasteiger charge is -2.03. The van der Waals surface area contributed by atoms with E-state index >= 15 is 0 Å². The molecule has 0 amide bonds. The third-order valence-corrected chi connectivity index (χ3v) is 3.17. The minimum atomic E-state index is 0.926. The van der Waals surface area contributed by atoms with Gasteiger partial charge in [0, 0.05) is 6.54 Å². The van der Waals surface area contributed by atoms with E-state index < -0.39 is 0 Å². The minimum Gasteiger partial charge on any atom is -0.285 e. The van der Waals surface area contributed by atoms with Gasteiger partial charge in [-0.1, -0.05) is 44.4 Å². The zero-order valence-corrected chi connectivity index (χ0v) is 12.1. The lowest BCUT2D eigenvalue weighted by molar-refractivity contribution is 0.675. The van der Waals surface area contributed by atoms with E-state index in [-0.39, 0.29) is 0 Å². The molecule has 0 bridgehead atoms. The summed E-state index contributed by atoms with van der Waals surface area (Å²) in [4.78, 5) is 9.15. The Bertz CT molecular complexity index is 504. The van der Waals surface area contributed by atoms with Crippen molar-refractivity contribution in [1.82, 2.24) is 0 Å². The van der Waals surface area contributed by atoms with Gasteiger partial charge in [0.15, 0.2) is 0 Å². The van der Waals surface area contributed by atoms with Crippen molar-refractivity contribution < 1.29 is 0 Å². The number of unbranched alkanes of at least 4 members (excludes halogenated alkanes) is 3. The summed E-state index contributed by atoms with van der Waals surface area (Å²) in [5, 5.41) is 0. The van der Waals surface area contributed by atoms with E-state index in [1.54, 1.807) is 0 Å². The van der Waals surface area contributed by atoms with Crippen LogP contribution in [-0.4, -0.2) is 18.0 Å². The molecule has 2 heteroatoms. The molecule has 2 rings (SSSR count). The molecule has 0 saturated heterocycles. The van der Waals surface area contributed by atoms with E-state index in [1.165, 1.54) is 25.7 Å². The zero-order chi connectivity index (χ0) is 14.0. The number of nitrogens with zero attached hydrogens (tertiary/aromatic N) is 2. The number of hydrogen-bond acceptors (Lipinski definition) is 2. The van der Waals surface area contributed by atoms with E-state index in [0.29, 0.717) is 0 Å². The molecule has 1 aromatic rings. The first-order chi connectivity index (χ1) is 9.88. The summed E-state index contributed by atoms with van der Waals surface area (Å²) in [6.45, 7) is 3.15. The summed E-state index contributed by atoms with van der Waals surface area (Å²) in [7, 11) is 0. The molecular formula is C18H22N2. The van der Waals surface area contributed by atoms with Gasteiger partial charge in [0.05, 0.1) is 17.1 Å². The molecule has 2 nitrogen and oxygen atoms in total. The van der Waals surface area contributed by atoms with Crippen LogP contribution >= 0.6 is 0 Å². The molecule has 0 saturated carbocycles. The van der Waals surface area contributed by atoms with Crippen molar-refractivity contribution in [1.29, 1.82) is 0 Å². The molecule has 0 atom stereocenters. The van der Waals surface area contributed by atoms with Crippen molar-refractivity contribution >= 4 is 17.1 Å². The van der Waals surface area contributed by atoms with Crippen LogP contribution in [0.3, 0.4) is 0 Å². The molecule has 0 radical (unpaired) electrons. The molecule has 0 heterocycles. The largest absolute Gasteiger partial charge is 0.285 e. The molecule has 20 heavy (non-hydrogen) atoms. The van der Waals surface area contributed by atoms with Crippen LogP contribution in [0.2, 0.25) is 0 Å². The Morgan fingerprint density at radius 1 is 0.800 bits per heavy atom. The third-order valence-electron chi connectivity index (χ3n) is 3.17. The van der Waals surface area contributed by atoms with Crippen molar-refractivity contribution in [3.8, 4) is 0 Å². The fraction of sp³-hybridized carbons (Fsp3) is 0.333. The van der Waals surface area contributed by atoms with Crippen LogP contribution in [0.1, 0.15) is 32.6 Å². The van der Waals surface area contributed by atoms with E-state index in [9.17, 15) is 0 Å². The highest BCUT2D eigenvalue weighted by molar-refractivity contribution is 6.18. The molecule has 0 aliphatic heterocycles. The van der Waals surface area contributed by atoms with Gasteiger partial charge in [0.25, 0.3) is 0 Å². The van der Waals surface area contributed by atoms with Gasteiger partial charge in [-0.2, -0.15) is 0 Å². The molecular weight excluding hydrogens is 244 g/mol. The Morgan fingerprint density at radius 3 is 2.20 bits per heavy atom. The fourth-order valence-corrected chi connectivity index (χ4v) is 2.03.